The molecule has 0 aromatic carbocycles. The lowest BCUT2D eigenvalue weighted by Gasteiger charge is -2.25. The number of hydrogen-bond donors (Lipinski definition) is 0. The fraction of sp³-hybridized carbons (Fsp3) is 0.727. The average Bonchev–Trinajstić information content (AvgIpc) is 2.72. The first kappa shape index (κ1) is 11.2. The minimum atomic E-state index is 0.630. The quantitative estimate of drug-likeness (QED) is 0.804. The normalized spacial score (nSPS) is 21.6. The molecule has 0 amide bonds. The summed E-state index contributed by atoms with van der Waals surface area (Å²) in [5.41, 5.74) is 0. The third kappa shape index (κ3) is 2.64. The van der Waals surface area contributed by atoms with E-state index < -0.39 is 0 Å². The lowest BCUT2D eigenvalue weighted by molar-refractivity contribution is 0.494. The van der Waals surface area contributed by atoms with E-state index in [-0.39, 0.29) is 0 Å². The smallest absolute Gasteiger partial charge is 0.186 e. The zero-order valence-electron chi connectivity index (χ0n) is 9.24. The molecule has 1 atom stereocenters. The highest BCUT2D eigenvalue weighted by atomic mass is 35.5. The largest absolute Gasteiger partial charge is 0.345 e. The lowest BCUT2D eigenvalue weighted by Crippen LogP contribution is -2.30. The van der Waals surface area contributed by atoms with Gasteiger partial charge in [0, 0.05) is 18.0 Å². The van der Waals surface area contributed by atoms with E-state index in [2.05, 4.69) is 23.7 Å². The van der Waals surface area contributed by atoms with E-state index in [4.69, 9.17) is 11.6 Å². The predicted molar refractivity (Wildman–Crippen MR) is 66.9 cm³/mol. The standard InChI is InChI=1S/C11H17ClN2S/c1-8(2)6-9-4-3-5-14(9)11-13-10(12)7-15-11/h7-9H,3-6H2,1-2H3. The van der Waals surface area contributed by atoms with Crippen molar-refractivity contribution in [3.8, 4) is 0 Å². The van der Waals surface area contributed by atoms with Crippen LogP contribution in [0.3, 0.4) is 0 Å². The molecule has 1 saturated heterocycles. The Morgan fingerprint density at radius 3 is 3.07 bits per heavy atom. The molecule has 0 spiro atoms. The molecule has 2 rings (SSSR count). The minimum Gasteiger partial charge on any atom is -0.345 e. The molecule has 0 radical (unpaired) electrons. The van der Waals surface area contributed by atoms with E-state index in [9.17, 15) is 0 Å². The molecule has 1 fully saturated rings. The summed E-state index contributed by atoms with van der Waals surface area (Å²) in [6.07, 6.45) is 3.85. The monoisotopic (exact) mass is 244 g/mol. The second-order valence-corrected chi connectivity index (χ2v) is 5.80. The second-order valence-electron chi connectivity index (χ2n) is 4.57. The van der Waals surface area contributed by atoms with Gasteiger partial charge in [-0.15, -0.1) is 11.3 Å². The molecule has 2 heterocycles. The molecule has 2 nitrogen and oxygen atoms in total. The number of aromatic nitrogens is 1. The summed E-state index contributed by atoms with van der Waals surface area (Å²) >= 11 is 7.53. The number of hydrogen-bond acceptors (Lipinski definition) is 3. The van der Waals surface area contributed by atoms with Crippen molar-refractivity contribution in [2.45, 2.75) is 39.2 Å². The molecule has 0 saturated carbocycles. The molecule has 15 heavy (non-hydrogen) atoms. The third-order valence-electron chi connectivity index (χ3n) is 2.83. The summed E-state index contributed by atoms with van der Waals surface area (Å²) in [5, 5.41) is 3.65. The van der Waals surface area contributed by atoms with Crippen molar-refractivity contribution in [2.24, 2.45) is 5.92 Å². The maximum Gasteiger partial charge on any atom is 0.186 e. The molecular weight excluding hydrogens is 228 g/mol. The van der Waals surface area contributed by atoms with Gasteiger partial charge in [0.25, 0.3) is 0 Å². The average molecular weight is 245 g/mol. The number of nitrogens with zero attached hydrogens (tertiary/aromatic N) is 2. The van der Waals surface area contributed by atoms with Crippen LogP contribution < -0.4 is 4.90 Å². The molecule has 1 unspecified atom stereocenters. The van der Waals surface area contributed by atoms with E-state index in [1.54, 1.807) is 11.3 Å². The molecule has 1 aromatic rings. The first-order valence-electron chi connectivity index (χ1n) is 5.54. The van der Waals surface area contributed by atoms with Gasteiger partial charge in [-0.3, -0.25) is 0 Å². The third-order valence-corrected chi connectivity index (χ3v) is 4.03. The molecule has 1 aromatic heterocycles. The van der Waals surface area contributed by atoms with Gasteiger partial charge in [-0.25, -0.2) is 4.98 Å². The molecule has 1 aliphatic rings. The van der Waals surface area contributed by atoms with Gasteiger partial charge in [0.1, 0.15) is 5.15 Å². The van der Waals surface area contributed by atoms with Crippen LogP contribution in [0.4, 0.5) is 5.13 Å². The highest BCUT2D eigenvalue weighted by molar-refractivity contribution is 7.14. The van der Waals surface area contributed by atoms with E-state index in [1.807, 2.05) is 5.38 Å². The van der Waals surface area contributed by atoms with E-state index in [1.165, 1.54) is 19.3 Å². The first-order chi connectivity index (χ1) is 7.16. The molecule has 0 N–H and O–H groups in total. The van der Waals surface area contributed by atoms with Crippen molar-refractivity contribution in [3.63, 3.8) is 0 Å². The Labute approximate surface area is 100 Å². The van der Waals surface area contributed by atoms with Gasteiger partial charge in [0.2, 0.25) is 0 Å². The van der Waals surface area contributed by atoms with Crippen LogP contribution in [0.25, 0.3) is 0 Å². The van der Waals surface area contributed by atoms with Crippen LogP contribution >= 0.6 is 22.9 Å². The zero-order chi connectivity index (χ0) is 10.8. The van der Waals surface area contributed by atoms with Gasteiger partial charge in [-0.2, -0.15) is 0 Å². The van der Waals surface area contributed by atoms with Crippen LogP contribution in [0.5, 0.6) is 0 Å². The Hall–Kier alpha value is -0.280. The molecule has 4 heteroatoms. The van der Waals surface area contributed by atoms with E-state index >= 15 is 0 Å². The van der Waals surface area contributed by atoms with Crippen molar-refractivity contribution < 1.29 is 0 Å². The number of anilines is 1. The Morgan fingerprint density at radius 1 is 1.67 bits per heavy atom. The Balaban J connectivity index is 2.07. The minimum absolute atomic E-state index is 0.630. The Bertz CT molecular complexity index is 324. The fourth-order valence-corrected chi connectivity index (χ4v) is 3.30. The second kappa shape index (κ2) is 4.71. The van der Waals surface area contributed by atoms with Crippen molar-refractivity contribution in [1.82, 2.24) is 4.98 Å². The molecule has 0 aliphatic carbocycles. The van der Waals surface area contributed by atoms with Crippen molar-refractivity contribution in [3.05, 3.63) is 10.5 Å². The van der Waals surface area contributed by atoms with Gasteiger partial charge in [-0.1, -0.05) is 25.4 Å². The van der Waals surface area contributed by atoms with Gasteiger partial charge in [0.15, 0.2) is 5.13 Å². The molecular formula is C11H17ClN2S. The lowest BCUT2D eigenvalue weighted by atomic mass is 10.0. The fourth-order valence-electron chi connectivity index (χ4n) is 2.25. The molecule has 84 valence electrons. The van der Waals surface area contributed by atoms with Crippen LogP contribution in [-0.4, -0.2) is 17.6 Å². The van der Waals surface area contributed by atoms with Gasteiger partial charge in [0.05, 0.1) is 0 Å². The van der Waals surface area contributed by atoms with Crippen LogP contribution in [-0.2, 0) is 0 Å². The van der Waals surface area contributed by atoms with Crippen molar-refractivity contribution in [1.29, 1.82) is 0 Å². The number of rotatable bonds is 3. The summed E-state index contributed by atoms with van der Waals surface area (Å²) in [6, 6.07) is 0.673. The number of thiazole rings is 1. The van der Waals surface area contributed by atoms with Crippen LogP contribution in [0.15, 0.2) is 5.38 Å². The van der Waals surface area contributed by atoms with Crippen LogP contribution in [0.2, 0.25) is 5.15 Å². The Morgan fingerprint density at radius 2 is 2.47 bits per heavy atom. The topological polar surface area (TPSA) is 16.1 Å². The summed E-state index contributed by atoms with van der Waals surface area (Å²) in [4.78, 5) is 6.79. The number of halogens is 1. The maximum absolute atomic E-state index is 5.86. The highest BCUT2D eigenvalue weighted by Crippen LogP contribution is 2.32. The van der Waals surface area contributed by atoms with E-state index in [0.29, 0.717) is 11.2 Å². The van der Waals surface area contributed by atoms with Crippen molar-refractivity contribution in [2.75, 3.05) is 11.4 Å². The first-order valence-corrected chi connectivity index (χ1v) is 6.80. The summed E-state index contributed by atoms with van der Waals surface area (Å²) in [5.74, 6) is 0.756. The van der Waals surface area contributed by atoms with E-state index in [0.717, 1.165) is 17.6 Å². The SMILES string of the molecule is CC(C)CC1CCCN1c1nc(Cl)cs1. The Kier molecular flexibility index (Phi) is 3.52. The van der Waals surface area contributed by atoms with Gasteiger partial charge in [-0.05, 0) is 25.2 Å². The predicted octanol–water partition coefficient (Wildman–Crippen LogP) is 3.81. The summed E-state index contributed by atoms with van der Waals surface area (Å²) in [6.45, 7) is 5.71. The van der Waals surface area contributed by atoms with Crippen LogP contribution in [0.1, 0.15) is 33.1 Å². The zero-order valence-corrected chi connectivity index (χ0v) is 10.8. The molecule has 0 bridgehead atoms. The van der Waals surface area contributed by atoms with Crippen LogP contribution in [0, 0.1) is 5.92 Å². The van der Waals surface area contributed by atoms with Gasteiger partial charge < -0.3 is 4.90 Å². The van der Waals surface area contributed by atoms with Gasteiger partial charge >= 0.3 is 0 Å². The van der Waals surface area contributed by atoms with Crippen molar-refractivity contribution >= 4 is 28.1 Å². The highest BCUT2D eigenvalue weighted by Gasteiger charge is 2.27. The maximum atomic E-state index is 5.86. The summed E-state index contributed by atoms with van der Waals surface area (Å²) < 4.78 is 0. The molecule has 1 aliphatic heterocycles. The summed E-state index contributed by atoms with van der Waals surface area (Å²) in [7, 11) is 0.